The van der Waals surface area contributed by atoms with Crippen LogP contribution in [0.5, 0.6) is 0 Å². The molecule has 1 aromatic rings. The Morgan fingerprint density at radius 2 is 1.93 bits per heavy atom. The number of carbonyl (C=O) groups excluding carboxylic acids is 1. The minimum absolute atomic E-state index is 0.0300. The Morgan fingerprint density at radius 1 is 1.14 bits per heavy atom. The first kappa shape index (κ1) is 21.3. The minimum Gasteiger partial charge on any atom is -0.466 e. The SMILES string of the molecule is CCOC(=O)CC1CCCC(NCC2CCCCC2)C1c1ccc(C)cc1F. The zero-order chi connectivity index (χ0) is 19.9. The van der Waals surface area contributed by atoms with Crippen molar-refractivity contribution in [3.63, 3.8) is 0 Å². The number of rotatable bonds is 7. The predicted octanol–water partition coefficient (Wildman–Crippen LogP) is 5.51. The smallest absolute Gasteiger partial charge is 0.306 e. The lowest BCUT2D eigenvalue weighted by molar-refractivity contribution is -0.144. The maximum absolute atomic E-state index is 14.9. The first-order valence-corrected chi connectivity index (χ1v) is 11.2. The average molecular weight is 390 g/mol. The highest BCUT2D eigenvalue weighted by molar-refractivity contribution is 5.69. The second kappa shape index (κ2) is 10.4. The molecule has 4 heteroatoms. The van der Waals surface area contributed by atoms with Crippen molar-refractivity contribution in [3.05, 3.63) is 35.1 Å². The van der Waals surface area contributed by atoms with Gasteiger partial charge >= 0.3 is 5.97 Å². The quantitative estimate of drug-likeness (QED) is 0.625. The van der Waals surface area contributed by atoms with Crippen LogP contribution in [0.25, 0.3) is 0 Å². The van der Waals surface area contributed by atoms with Gasteiger partial charge in [0.15, 0.2) is 0 Å². The van der Waals surface area contributed by atoms with E-state index in [-0.39, 0.29) is 29.7 Å². The van der Waals surface area contributed by atoms with E-state index in [0.717, 1.165) is 42.9 Å². The van der Waals surface area contributed by atoms with Crippen molar-refractivity contribution in [3.8, 4) is 0 Å². The molecule has 1 N–H and O–H groups in total. The van der Waals surface area contributed by atoms with Crippen LogP contribution in [0, 0.1) is 24.6 Å². The van der Waals surface area contributed by atoms with Gasteiger partial charge in [-0.15, -0.1) is 0 Å². The van der Waals surface area contributed by atoms with Crippen LogP contribution in [-0.2, 0) is 9.53 Å². The maximum atomic E-state index is 14.9. The molecule has 0 radical (unpaired) electrons. The van der Waals surface area contributed by atoms with Crippen molar-refractivity contribution in [1.29, 1.82) is 0 Å². The fourth-order valence-electron chi connectivity index (χ4n) is 5.26. The molecular weight excluding hydrogens is 353 g/mol. The summed E-state index contributed by atoms with van der Waals surface area (Å²) in [5.74, 6) is 0.613. The zero-order valence-electron chi connectivity index (χ0n) is 17.5. The van der Waals surface area contributed by atoms with Gasteiger partial charge in [-0.05, 0) is 75.1 Å². The van der Waals surface area contributed by atoms with Gasteiger partial charge in [-0.3, -0.25) is 4.79 Å². The number of carbonyl (C=O) groups is 1. The summed E-state index contributed by atoms with van der Waals surface area (Å²) in [5.41, 5.74) is 1.70. The van der Waals surface area contributed by atoms with E-state index in [2.05, 4.69) is 5.32 Å². The van der Waals surface area contributed by atoms with Crippen LogP contribution >= 0.6 is 0 Å². The van der Waals surface area contributed by atoms with Crippen molar-refractivity contribution in [2.45, 2.75) is 83.6 Å². The molecule has 3 unspecified atom stereocenters. The molecule has 2 saturated carbocycles. The zero-order valence-corrected chi connectivity index (χ0v) is 17.5. The molecule has 2 aliphatic carbocycles. The Kier molecular flexibility index (Phi) is 7.90. The molecule has 1 aromatic carbocycles. The number of nitrogens with one attached hydrogen (secondary N) is 1. The third-order valence-electron chi connectivity index (χ3n) is 6.67. The van der Waals surface area contributed by atoms with Crippen LogP contribution in [0.4, 0.5) is 4.39 Å². The number of aryl methyl sites for hydroxylation is 1. The third-order valence-corrected chi connectivity index (χ3v) is 6.67. The number of halogens is 1. The van der Waals surface area contributed by atoms with E-state index in [1.54, 1.807) is 6.07 Å². The van der Waals surface area contributed by atoms with Crippen molar-refractivity contribution in [1.82, 2.24) is 5.32 Å². The van der Waals surface area contributed by atoms with Crippen molar-refractivity contribution >= 4 is 5.97 Å². The van der Waals surface area contributed by atoms with Crippen LogP contribution in [-0.4, -0.2) is 25.2 Å². The van der Waals surface area contributed by atoms with E-state index >= 15 is 0 Å². The Labute approximate surface area is 169 Å². The van der Waals surface area contributed by atoms with Crippen LogP contribution in [0.2, 0.25) is 0 Å². The van der Waals surface area contributed by atoms with Crippen molar-refractivity contribution in [2.75, 3.05) is 13.2 Å². The molecule has 0 heterocycles. The second-order valence-electron chi connectivity index (χ2n) is 8.77. The van der Waals surface area contributed by atoms with E-state index in [4.69, 9.17) is 4.74 Å². The van der Waals surface area contributed by atoms with Gasteiger partial charge in [-0.25, -0.2) is 4.39 Å². The Bertz CT molecular complexity index is 641. The lowest BCUT2D eigenvalue weighted by Crippen LogP contribution is -2.44. The number of hydrogen-bond donors (Lipinski definition) is 1. The normalized spacial score (nSPS) is 26.2. The lowest BCUT2D eigenvalue weighted by Gasteiger charge is -2.40. The minimum atomic E-state index is -0.155. The van der Waals surface area contributed by atoms with Gasteiger partial charge in [-0.2, -0.15) is 0 Å². The van der Waals surface area contributed by atoms with Gasteiger partial charge < -0.3 is 10.1 Å². The highest BCUT2D eigenvalue weighted by atomic mass is 19.1. The molecule has 0 amide bonds. The van der Waals surface area contributed by atoms with Gasteiger partial charge in [0.25, 0.3) is 0 Å². The van der Waals surface area contributed by atoms with Crippen molar-refractivity contribution in [2.24, 2.45) is 11.8 Å². The van der Waals surface area contributed by atoms with E-state index in [1.165, 1.54) is 32.1 Å². The summed E-state index contributed by atoms with van der Waals surface area (Å²) in [6, 6.07) is 5.79. The summed E-state index contributed by atoms with van der Waals surface area (Å²) < 4.78 is 20.1. The van der Waals surface area contributed by atoms with Gasteiger partial charge in [0.2, 0.25) is 0 Å². The predicted molar refractivity (Wildman–Crippen MR) is 111 cm³/mol. The third kappa shape index (κ3) is 5.56. The van der Waals surface area contributed by atoms with E-state index < -0.39 is 0 Å². The van der Waals surface area contributed by atoms with Crippen LogP contribution < -0.4 is 5.32 Å². The average Bonchev–Trinajstić information content (AvgIpc) is 2.68. The number of hydrogen-bond acceptors (Lipinski definition) is 3. The lowest BCUT2D eigenvalue weighted by atomic mass is 9.70. The van der Waals surface area contributed by atoms with Gasteiger partial charge in [0.05, 0.1) is 6.61 Å². The summed E-state index contributed by atoms with van der Waals surface area (Å²) in [4.78, 5) is 12.2. The molecule has 3 nitrogen and oxygen atoms in total. The molecule has 3 atom stereocenters. The second-order valence-corrected chi connectivity index (χ2v) is 8.77. The molecule has 0 bridgehead atoms. The molecule has 28 heavy (non-hydrogen) atoms. The summed E-state index contributed by atoms with van der Waals surface area (Å²) in [7, 11) is 0. The Balaban J connectivity index is 1.77. The fourth-order valence-corrected chi connectivity index (χ4v) is 5.26. The van der Waals surface area contributed by atoms with E-state index in [0.29, 0.717) is 13.0 Å². The summed E-state index contributed by atoms with van der Waals surface area (Å²) >= 11 is 0. The molecule has 0 aromatic heterocycles. The Morgan fingerprint density at radius 3 is 2.64 bits per heavy atom. The highest BCUT2D eigenvalue weighted by Gasteiger charge is 2.37. The first-order chi connectivity index (χ1) is 13.6. The molecule has 2 aliphatic rings. The van der Waals surface area contributed by atoms with E-state index in [9.17, 15) is 9.18 Å². The molecule has 3 rings (SSSR count). The van der Waals surface area contributed by atoms with Crippen LogP contribution in [0.1, 0.15) is 81.8 Å². The molecule has 0 aliphatic heterocycles. The summed E-state index contributed by atoms with van der Waals surface area (Å²) in [6.07, 6.45) is 10.1. The number of esters is 1. The highest BCUT2D eigenvalue weighted by Crippen LogP contribution is 2.41. The largest absolute Gasteiger partial charge is 0.466 e. The number of benzene rings is 1. The van der Waals surface area contributed by atoms with E-state index in [1.807, 2.05) is 26.0 Å². The van der Waals surface area contributed by atoms with Gasteiger partial charge in [0.1, 0.15) is 5.82 Å². The summed E-state index contributed by atoms with van der Waals surface area (Å²) in [5, 5.41) is 3.80. The monoisotopic (exact) mass is 389 g/mol. The number of ether oxygens (including phenoxy) is 1. The molecule has 2 fully saturated rings. The van der Waals surface area contributed by atoms with Crippen LogP contribution in [0.3, 0.4) is 0 Å². The standard InChI is InChI=1S/C24H36FNO2/c1-3-28-23(27)15-19-10-7-11-22(26-16-18-8-5-4-6-9-18)24(19)20-13-12-17(2)14-21(20)25/h12-14,18-19,22,24,26H,3-11,15-16H2,1-2H3. The van der Waals surface area contributed by atoms with Gasteiger partial charge in [-0.1, -0.05) is 37.8 Å². The summed E-state index contributed by atoms with van der Waals surface area (Å²) in [6.45, 7) is 5.17. The topological polar surface area (TPSA) is 38.3 Å². The molecular formula is C24H36FNO2. The van der Waals surface area contributed by atoms with Crippen LogP contribution in [0.15, 0.2) is 18.2 Å². The van der Waals surface area contributed by atoms with Gasteiger partial charge in [0, 0.05) is 18.4 Å². The fraction of sp³-hybridized carbons (Fsp3) is 0.708. The van der Waals surface area contributed by atoms with Crippen molar-refractivity contribution < 1.29 is 13.9 Å². The molecule has 156 valence electrons. The molecule has 0 saturated heterocycles. The Hall–Kier alpha value is -1.42. The first-order valence-electron chi connectivity index (χ1n) is 11.2. The molecule has 0 spiro atoms. The maximum Gasteiger partial charge on any atom is 0.306 e.